The van der Waals surface area contributed by atoms with Gasteiger partial charge in [-0.05, 0) is 35.7 Å². The van der Waals surface area contributed by atoms with Crippen molar-refractivity contribution in [2.24, 2.45) is 0 Å². The van der Waals surface area contributed by atoms with Crippen molar-refractivity contribution in [2.75, 3.05) is 7.11 Å². The number of ether oxygens (including phenoxy) is 1. The SMILES string of the molecule is COc1ccc(C([NH3+])c2ccc3ccccc3c2O)cc1. The quantitative estimate of drug-likeness (QED) is 0.775. The van der Waals surface area contributed by atoms with Crippen LogP contribution in [0, 0.1) is 0 Å². The summed E-state index contributed by atoms with van der Waals surface area (Å²) in [5.41, 5.74) is 6.08. The summed E-state index contributed by atoms with van der Waals surface area (Å²) < 4.78 is 5.17. The second-order valence-electron chi connectivity index (χ2n) is 5.05. The molecule has 0 amide bonds. The number of phenolic OH excluding ortho intramolecular Hbond substituents is 1. The molecule has 0 aliphatic heterocycles. The van der Waals surface area contributed by atoms with E-state index in [1.807, 2.05) is 60.7 Å². The summed E-state index contributed by atoms with van der Waals surface area (Å²) in [6.45, 7) is 0. The van der Waals surface area contributed by atoms with Gasteiger partial charge in [0, 0.05) is 10.9 Å². The Kier molecular flexibility index (Phi) is 3.50. The summed E-state index contributed by atoms with van der Waals surface area (Å²) >= 11 is 0. The molecule has 0 aliphatic carbocycles. The number of quaternary nitrogens is 1. The molecule has 3 aromatic carbocycles. The first-order valence-corrected chi connectivity index (χ1v) is 6.88. The molecule has 0 saturated heterocycles. The predicted octanol–water partition coefficient (Wildman–Crippen LogP) is 2.89. The lowest BCUT2D eigenvalue weighted by Gasteiger charge is -2.13. The monoisotopic (exact) mass is 280 g/mol. The topological polar surface area (TPSA) is 57.1 Å². The average Bonchev–Trinajstić information content (AvgIpc) is 2.55. The van der Waals surface area contributed by atoms with E-state index in [0.717, 1.165) is 27.6 Å². The number of benzene rings is 3. The predicted molar refractivity (Wildman–Crippen MR) is 83.3 cm³/mol. The van der Waals surface area contributed by atoms with Crippen LogP contribution >= 0.6 is 0 Å². The lowest BCUT2D eigenvalue weighted by Crippen LogP contribution is -2.54. The first-order valence-electron chi connectivity index (χ1n) is 6.88. The number of hydrogen-bond acceptors (Lipinski definition) is 2. The van der Waals surface area contributed by atoms with Crippen molar-refractivity contribution in [3.63, 3.8) is 0 Å². The zero-order valence-electron chi connectivity index (χ0n) is 11.9. The van der Waals surface area contributed by atoms with Crippen LogP contribution in [0.25, 0.3) is 10.8 Å². The van der Waals surface area contributed by atoms with Gasteiger partial charge in [-0.25, -0.2) is 0 Å². The van der Waals surface area contributed by atoms with Crippen molar-refractivity contribution in [3.05, 3.63) is 71.8 Å². The highest BCUT2D eigenvalue weighted by atomic mass is 16.5. The standard InChI is InChI=1S/C18H17NO2/c1-21-14-9-6-13(7-10-14)17(19)16-11-8-12-4-2-3-5-15(12)18(16)20/h2-11,17,20H,19H2,1H3/p+1. The Bertz CT molecular complexity index is 766. The number of hydrogen-bond donors (Lipinski definition) is 2. The van der Waals surface area contributed by atoms with E-state index in [1.54, 1.807) is 7.11 Å². The van der Waals surface area contributed by atoms with Gasteiger partial charge in [0.25, 0.3) is 0 Å². The molecule has 0 saturated carbocycles. The summed E-state index contributed by atoms with van der Waals surface area (Å²) in [5.74, 6) is 1.12. The third-order valence-corrected chi connectivity index (χ3v) is 3.83. The van der Waals surface area contributed by atoms with E-state index in [9.17, 15) is 5.11 Å². The lowest BCUT2D eigenvalue weighted by atomic mass is 9.95. The lowest BCUT2D eigenvalue weighted by molar-refractivity contribution is -0.411. The van der Waals surface area contributed by atoms with Gasteiger partial charge in [-0.3, -0.25) is 0 Å². The molecular formula is C18H18NO2+. The molecule has 1 atom stereocenters. The summed E-state index contributed by atoms with van der Waals surface area (Å²) in [7, 11) is 1.64. The molecule has 0 spiro atoms. The minimum absolute atomic E-state index is 0.125. The molecule has 3 heteroatoms. The minimum Gasteiger partial charge on any atom is -0.507 e. The Morgan fingerprint density at radius 2 is 1.67 bits per heavy atom. The van der Waals surface area contributed by atoms with Gasteiger partial charge in [0.2, 0.25) is 0 Å². The van der Waals surface area contributed by atoms with E-state index < -0.39 is 0 Å². The smallest absolute Gasteiger partial charge is 0.139 e. The zero-order chi connectivity index (χ0) is 14.8. The number of methoxy groups -OCH3 is 1. The number of rotatable bonds is 3. The number of phenols is 1. The average molecular weight is 280 g/mol. The first kappa shape index (κ1) is 13.5. The van der Waals surface area contributed by atoms with Crippen molar-refractivity contribution in [1.29, 1.82) is 0 Å². The number of fused-ring (bicyclic) bond motifs is 1. The van der Waals surface area contributed by atoms with E-state index in [0.29, 0.717) is 5.75 Å². The minimum atomic E-state index is -0.125. The van der Waals surface area contributed by atoms with Gasteiger partial charge in [0.15, 0.2) is 0 Å². The molecule has 0 heterocycles. The Hall–Kier alpha value is -2.52. The highest BCUT2D eigenvalue weighted by Gasteiger charge is 2.18. The van der Waals surface area contributed by atoms with Crippen molar-refractivity contribution >= 4 is 10.8 Å². The van der Waals surface area contributed by atoms with Crippen LogP contribution in [0.15, 0.2) is 60.7 Å². The Morgan fingerprint density at radius 3 is 2.38 bits per heavy atom. The van der Waals surface area contributed by atoms with E-state index in [4.69, 9.17) is 4.74 Å². The van der Waals surface area contributed by atoms with Crippen LogP contribution in [0.5, 0.6) is 11.5 Å². The van der Waals surface area contributed by atoms with Gasteiger partial charge >= 0.3 is 0 Å². The molecule has 1 unspecified atom stereocenters. The summed E-state index contributed by atoms with van der Waals surface area (Å²) in [5, 5.41) is 12.4. The van der Waals surface area contributed by atoms with Crippen molar-refractivity contribution < 1.29 is 15.6 Å². The largest absolute Gasteiger partial charge is 0.507 e. The van der Waals surface area contributed by atoms with Crippen molar-refractivity contribution in [1.82, 2.24) is 0 Å². The highest BCUT2D eigenvalue weighted by Crippen LogP contribution is 2.33. The molecule has 0 fully saturated rings. The van der Waals surface area contributed by atoms with Crippen molar-refractivity contribution in [3.8, 4) is 11.5 Å². The van der Waals surface area contributed by atoms with Crippen LogP contribution in [0.3, 0.4) is 0 Å². The van der Waals surface area contributed by atoms with Gasteiger partial charge < -0.3 is 15.6 Å². The molecule has 4 N–H and O–H groups in total. The normalized spacial score (nSPS) is 12.3. The van der Waals surface area contributed by atoms with Crippen LogP contribution in [-0.4, -0.2) is 12.2 Å². The summed E-state index contributed by atoms with van der Waals surface area (Å²) in [6.07, 6.45) is 0. The molecular weight excluding hydrogens is 262 g/mol. The van der Waals surface area contributed by atoms with Gasteiger partial charge in [0.05, 0.1) is 12.7 Å². The molecule has 3 aromatic rings. The van der Waals surface area contributed by atoms with E-state index >= 15 is 0 Å². The molecule has 0 bridgehead atoms. The van der Waals surface area contributed by atoms with Crippen molar-refractivity contribution in [2.45, 2.75) is 6.04 Å². The molecule has 0 aromatic heterocycles. The Labute approximate surface area is 123 Å². The van der Waals surface area contributed by atoms with Gasteiger partial charge in [-0.2, -0.15) is 0 Å². The van der Waals surface area contributed by atoms with Crippen LogP contribution in [0.2, 0.25) is 0 Å². The molecule has 3 nitrogen and oxygen atoms in total. The van der Waals surface area contributed by atoms with Crippen LogP contribution in [0.4, 0.5) is 0 Å². The molecule has 106 valence electrons. The van der Waals surface area contributed by atoms with E-state index in [-0.39, 0.29) is 6.04 Å². The van der Waals surface area contributed by atoms with Gasteiger partial charge in [0.1, 0.15) is 17.5 Å². The third-order valence-electron chi connectivity index (χ3n) is 3.83. The fourth-order valence-electron chi connectivity index (χ4n) is 2.57. The maximum absolute atomic E-state index is 10.5. The van der Waals surface area contributed by atoms with E-state index in [1.165, 1.54) is 0 Å². The van der Waals surface area contributed by atoms with Crippen LogP contribution in [0.1, 0.15) is 17.2 Å². The molecule has 0 radical (unpaired) electrons. The maximum atomic E-state index is 10.5. The zero-order valence-corrected chi connectivity index (χ0v) is 11.9. The second-order valence-corrected chi connectivity index (χ2v) is 5.05. The van der Waals surface area contributed by atoms with Gasteiger partial charge in [-0.1, -0.05) is 30.3 Å². The molecule has 3 rings (SSSR count). The first-order chi connectivity index (χ1) is 10.2. The van der Waals surface area contributed by atoms with E-state index in [2.05, 4.69) is 5.73 Å². The maximum Gasteiger partial charge on any atom is 0.139 e. The van der Waals surface area contributed by atoms with Gasteiger partial charge in [-0.15, -0.1) is 0 Å². The Balaban J connectivity index is 2.04. The molecule has 21 heavy (non-hydrogen) atoms. The fraction of sp³-hybridized carbons (Fsp3) is 0.111. The summed E-state index contributed by atoms with van der Waals surface area (Å²) in [6, 6.07) is 19.4. The molecule has 0 aliphatic rings. The number of aromatic hydroxyl groups is 1. The van der Waals surface area contributed by atoms with Crippen LogP contribution < -0.4 is 10.5 Å². The third kappa shape index (κ3) is 2.43. The highest BCUT2D eigenvalue weighted by molar-refractivity contribution is 5.89. The Morgan fingerprint density at radius 1 is 0.952 bits per heavy atom. The fourth-order valence-corrected chi connectivity index (χ4v) is 2.57. The van der Waals surface area contributed by atoms with Crippen LogP contribution in [-0.2, 0) is 0 Å². The second kappa shape index (κ2) is 5.46. The summed E-state index contributed by atoms with van der Waals surface area (Å²) in [4.78, 5) is 0.